The van der Waals surface area contributed by atoms with Crippen molar-refractivity contribution in [3.63, 3.8) is 0 Å². The standard InChI is InChI=1S/C16H22BrNS/c17-16-7-2-1-6-15(16)12-9-13(10-12)18-11-14-5-3-4-8-19-14/h1-2,6-7,12-14,18H,3-5,8-11H2. The zero-order valence-corrected chi connectivity index (χ0v) is 13.7. The number of nitrogens with one attached hydrogen (secondary N) is 1. The van der Waals surface area contributed by atoms with Crippen LogP contribution in [0.3, 0.4) is 0 Å². The van der Waals surface area contributed by atoms with E-state index in [0.29, 0.717) is 0 Å². The van der Waals surface area contributed by atoms with Gasteiger partial charge in [-0.15, -0.1) is 0 Å². The van der Waals surface area contributed by atoms with Crippen LogP contribution in [0.25, 0.3) is 0 Å². The lowest BCUT2D eigenvalue weighted by Gasteiger charge is -2.38. The summed E-state index contributed by atoms with van der Waals surface area (Å²) >= 11 is 5.84. The quantitative estimate of drug-likeness (QED) is 0.862. The van der Waals surface area contributed by atoms with Gasteiger partial charge in [0, 0.05) is 22.3 Å². The maximum Gasteiger partial charge on any atom is 0.0210 e. The number of thioether (sulfide) groups is 1. The summed E-state index contributed by atoms with van der Waals surface area (Å²) in [5.74, 6) is 2.13. The Morgan fingerprint density at radius 1 is 1.21 bits per heavy atom. The molecule has 0 bridgehead atoms. The summed E-state index contributed by atoms with van der Waals surface area (Å²) < 4.78 is 1.28. The molecule has 3 heteroatoms. The minimum absolute atomic E-state index is 0.750. The van der Waals surface area contributed by atoms with E-state index in [4.69, 9.17) is 0 Å². The number of hydrogen-bond donors (Lipinski definition) is 1. The lowest BCUT2D eigenvalue weighted by Crippen LogP contribution is -2.43. The van der Waals surface area contributed by atoms with E-state index in [1.165, 1.54) is 54.4 Å². The topological polar surface area (TPSA) is 12.0 Å². The van der Waals surface area contributed by atoms with Gasteiger partial charge in [0.05, 0.1) is 0 Å². The fourth-order valence-corrected chi connectivity index (χ4v) is 4.97. The Kier molecular flexibility index (Phi) is 4.88. The normalized spacial score (nSPS) is 30.9. The molecule has 3 rings (SSSR count). The third-order valence-corrected chi connectivity index (χ3v) is 6.51. The van der Waals surface area contributed by atoms with Crippen molar-refractivity contribution in [2.45, 2.75) is 49.3 Å². The lowest BCUT2D eigenvalue weighted by molar-refractivity contribution is 0.290. The zero-order valence-electron chi connectivity index (χ0n) is 11.3. The molecule has 1 heterocycles. The van der Waals surface area contributed by atoms with Gasteiger partial charge in [-0.05, 0) is 49.0 Å². The van der Waals surface area contributed by atoms with Gasteiger partial charge >= 0.3 is 0 Å². The van der Waals surface area contributed by atoms with Crippen LogP contribution in [-0.4, -0.2) is 23.6 Å². The van der Waals surface area contributed by atoms with E-state index in [1.54, 1.807) is 0 Å². The highest BCUT2D eigenvalue weighted by Gasteiger charge is 2.31. The van der Waals surface area contributed by atoms with E-state index in [0.717, 1.165) is 17.2 Å². The Bertz CT molecular complexity index is 411. The first kappa shape index (κ1) is 14.0. The first-order chi connectivity index (χ1) is 9.33. The van der Waals surface area contributed by atoms with Gasteiger partial charge in [-0.2, -0.15) is 11.8 Å². The predicted molar refractivity (Wildman–Crippen MR) is 88.0 cm³/mol. The molecule has 1 saturated carbocycles. The van der Waals surface area contributed by atoms with Crippen LogP contribution < -0.4 is 5.32 Å². The van der Waals surface area contributed by atoms with Crippen LogP contribution >= 0.6 is 27.7 Å². The maximum atomic E-state index is 3.77. The summed E-state index contributed by atoms with van der Waals surface area (Å²) in [5.41, 5.74) is 1.49. The molecule has 1 unspecified atom stereocenters. The van der Waals surface area contributed by atoms with Crippen molar-refractivity contribution >= 4 is 27.7 Å². The molecule has 1 N–H and O–H groups in total. The number of hydrogen-bond acceptors (Lipinski definition) is 2. The van der Waals surface area contributed by atoms with Gasteiger partial charge in [0.25, 0.3) is 0 Å². The summed E-state index contributed by atoms with van der Waals surface area (Å²) in [5, 5.41) is 4.64. The average Bonchev–Trinajstić information content (AvgIpc) is 2.40. The zero-order chi connectivity index (χ0) is 13.1. The van der Waals surface area contributed by atoms with Crippen molar-refractivity contribution in [2.75, 3.05) is 12.3 Å². The fraction of sp³-hybridized carbons (Fsp3) is 0.625. The molecule has 1 saturated heterocycles. The predicted octanol–water partition coefficient (Wildman–Crippen LogP) is 4.57. The molecule has 0 spiro atoms. The van der Waals surface area contributed by atoms with Gasteiger partial charge < -0.3 is 5.32 Å². The van der Waals surface area contributed by atoms with Crippen molar-refractivity contribution in [1.29, 1.82) is 0 Å². The van der Waals surface area contributed by atoms with Crippen LogP contribution in [0.15, 0.2) is 28.7 Å². The second kappa shape index (κ2) is 6.64. The lowest BCUT2D eigenvalue weighted by atomic mass is 9.76. The number of benzene rings is 1. The molecule has 1 aromatic carbocycles. The SMILES string of the molecule is Brc1ccccc1C1CC(NCC2CCCCS2)C1. The van der Waals surface area contributed by atoms with Gasteiger partial charge in [-0.25, -0.2) is 0 Å². The molecular weight excluding hydrogens is 318 g/mol. The minimum Gasteiger partial charge on any atom is -0.313 e. The van der Waals surface area contributed by atoms with Gasteiger partial charge in [0.1, 0.15) is 0 Å². The molecule has 0 amide bonds. The smallest absolute Gasteiger partial charge is 0.0210 e. The van der Waals surface area contributed by atoms with Crippen molar-refractivity contribution in [1.82, 2.24) is 5.32 Å². The Morgan fingerprint density at radius 3 is 2.79 bits per heavy atom. The van der Waals surface area contributed by atoms with Gasteiger partial charge in [0.15, 0.2) is 0 Å². The van der Waals surface area contributed by atoms with Crippen LogP contribution in [0.4, 0.5) is 0 Å². The van der Waals surface area contributed by atoms with Crippen LogP contribution in [0.2, 0.25) is 0 Å². The van der Waals surface area contributed by atoms with Crippen LogP contribution in [-0.2, 0) is 0 Å². The van der Waals surface area contributed by atoms with Gasteiger partial charge in [-0.3, -0.25) is 0 Å². The van der Waals surface area contributed by atoms with E-state index < -0.39 is 0 Å². The van der Waals surface area contributed by atoms with Crippen LogP contribution in [0.1, 0.15) is 43.6 Å². The van der Waals surface area contributed by atoms with Crippen molar-refractivity contribution in [3.05, 3.63) is 34.3 Å². The van der Waals surface area contributed by atoms with Crippen LogP contribution in [0.5, 0.6) is 0 Å². The van der Waals surface area contributed by atoms with Gasteiger partial charge in [-0.1, -0.05) is 40.5 Å². The summed E-state index contributed by atoms with van der Waals surface area (Å²) in [4.78, 5) is 0. The molecule has 2 aliphatic rings. The molecule has 1 aromatic rings. The highest BCUT2D eigenvalue weighted by atomic mass is 79.9. The first-order valence-electron chi connectivity index (χ1n) is 7.42. The Balaban J connectivity index is 1.42. The van der Waals surface area contributed by atoms with E-state index in [1.807, 2.05) is 0 Å². The van der Waals surface area contributed by atoms with E-state index in [2.05, 4.69) is 57.3 Å². The fourth-order valence-electron chi connectivity index (χ4n) is 3.11. The second-order valence-electron chi connectivity index (χ2n) is 5.78. The highest BCUT2D eigenvalue weighted by Crippen LogP contribution is 2.40. The first-order valence-corrected chi connectivity index (χ1v) is 9.26. The van der Waals surface area contributed by atoms with Gasteiger partial charge in [0.2, 0.25) is 0 Å². The largest absolute Gasteiger partial charge is 0.313 e. The molecular formula is C16H22BrNS. The van der Waals surface area contributed by atoms with E-state index in [9.17, 15) is 0 Å². The van der Waals surface area contributed by atoms with Crippen molar-refractivity contribution in [2.24, 2.45) is 0 Å². The minimum atomic E-state index is 0.750. The molecule has 1 aliphatic heterocycles. The highest BCUT2D eigenvalue weighted by molar-refractivity contribution is 9.10. The molecule has 0 aromatic heterocycles. The summed E-state index contributed by atoms with van der Waals surface area (Å²) in [6.45, 7) is 1.22. The van der Waals surface area contributed by atoms with Crippen LogP contribution in [0, 0.1) is 0 Å². The molecule has 1 aliphatic carbocycles. The molecule has 2 fully saturated rings. The second-order valence-corrected chi connectivity index (χ2v) is 8.05. The molecule has 1 nitrogen and oxygen atoms in total. The molecule has 0 radical (unpaired) electrons. The Hall–Kier alpha value is 0.01000. The summed E-state index contributed by atoms with van der Waals surface area (Å²) in [6.07, 6.45) is 6.89. The van der Waals surface area contributed by atoms with Crippen molar-refractivity contribution < 1.29 is 0 Å². The van der Waals surface area contributed by atoms with E-state index >= 15 is 0 Å². The Morgan fingerprint density at radius 2 is 2.05 bits per heavy atom. The van der Waals surface area contributed by atoms with E-state index in [-0.39, 0.29) is 0 Å². The third-order valence-electron chi connectivity index (χ3n) is 4.39. The molecule has 1 atom stereocenters. The third kappa shape index (κ3) is 3.56. The molecule has 104 valence electrons. The van der Waals surface area contributed by atoms with Crippen molar-refractivity contribution in [3.8, 4) is 0 Å². The maximum absolute atomic E-state index is 3.77. The number of halogens is 1. The summed E-state index contributed by atoms with van der Waals surface area (Å²) in [7, 11) is 0. The molecule has 19 heavy (non-hydrogen) atoms. The monoisotopic (exact) mass is 339 g/mol. The number of rotatable bonds is 4. The Labute approximate surface area is 129 Å². The average molecular weight is 340 g/mol. The summed E-state index contributed by atoms with van der Waals surface area (Å²) in [6, 6.07) is 9.43.